The van der Waals surface area contributed by atoms with E-state index in [0.717, 1.165) is 54.9 Å². The van der Waals surface area contributed by atoms with Crippen LogP contribution in [0, 0.1) is 5.41 Å². The van der Waals surface area contributed by atoms with Crippen LogP contribution in [0.25, 0.3) is 0 Å². The minimum atomic E-state index is -0.395. The maximum absolute atomic E-state index is 13.3. The zero-order valence-corrected chi connectivity index (χ0v) is 20.5. The molecule has 0 saturated carbocycles. The van der Waals surface area contributed by atoms with Crippen LogP contribution < -0.4 is 10.2 Å². The molecule has 5 heteroatoms. The van der Waals surface area contributed by atoms with Crippen LogP contribution in [-0.4, -0.2) is 31.4 Å². The van der Waals surface area contributed by atoms with Crippen molar-refractivity contribution >= 4 is 17.4 Å². The highest BCUT2D eigenvalue weighted by Crippen LogP contribution is 2.47. The monoisotopic (exact) mass is 438 g/mol. The van der Waals surface area contributed by atoms with E-state index in [1.807, 2.05) is 13.8 Å². The number of ether oxygens (including phenoxy) is 1. The van der Waals surface area contributed by atoms with E-state index in [1.54, 1.807) is 0 Å². The van der Waals surface area contributed by atoms with Crippen molar-refractivity contribution in [1.82, 2.24) is 5.32 Å². The number of allylic oxidation sites excluding steroid dienone is 3. The molecule has 1 unspecified atom stereocenters. The van der Waals surface area contributed by atoms with Crippen LogP contribution in [0.15, 0.2) is 46.8 Å². The lowest BCUT2D eigenvalue weighted by Gasteiger charge is -2.39. The summed E-state index contributed by atoms with van der Waals surface area (Å²) in [6.07, 6.45) is 3.45. The van der Waals surface area contributed by atoms with Gasteiger partial charge in [-0.3, -0.25) is 4.79 Å². The SMILES string of the molecule is CCCN(CCC)c1ccc(C2C(C(=O)OCC)=C(C)NC3=C2C(=O)CC(C)(C)C3)cc1. The molecule has 1 heterocycles. The molecule has 0 fully saturated rings. The first-order valence-electron chi connectivity index (χ1n) is 12.0. The predicted molar refractivity (Wildman–Crippen MR) is 129 cm³/mol. The van der Waals surface area contributed by atoms with E-state index in [-0.39, 0.29) is 17.2 Å². The van der Waals surface area contributed by atoms with Gasteiger partial charge in [0.1, 0.15) is 0 Å². The number of hydrogen-bond donors (Lipinski definition) is 1. The van der Waals surface area contributed by atoms with Crippen LogP contribution in [-0.2, 0) is 14.3 Å². The van der Waals surface area contributed by atoms with Crippen molar-refractivity contribution in [3.05, 3.63) is 52.4 Å². The first-order chi connectivity index (χ1) is 15.2. The quantitative estimate of drug-likeness (QED) is 0.545. The molecule has 1 aliphatic heterocycles. The van der Waals surface area contributed by atoms with E-state index < -0.39 is 5.92 Å². The Hall–Kier alpha value is -2.56. The number of esters is 1. The van der Waals surface area contributed by atoms with Gasteiger partial charge in [-0.1, -0.05) is 39.8 Å². The van der Waals surface area contributed by atoms with Crippen LogP contribution >= 0.6 is 0 Å². The summed E-state index contributed by atoms with van der Waals surface area (Å²) in [5, 5.41) is 3.39. The number of carbonyl (C=O) groups is 2. The van der Waals surface area contributed by atoms with E-state index in [9.17, 15) is 9.59 Å². The lowest BCUT2D eigenvalue weighted by atomic mass is 9.68. The fourth-order valence-corrected chi connectivity index (χ4v) is 5.04. The van der Waals surface area contributed by atoms with Gasteiger partial charge in [-0.25, -0.2) is 4.79 Å². The van der Waals surface area contributed by atoms with Gasteiger partial charge in [0.05, 0.1) is 12.2 Å². The number of ketones is 1. The Balaban J connectivity index is 2.07. The van der Waals surface area contributed by atoms with Crippen molar-refractivity contribution in [1.29, 1.82) is 0 Å². The van der Waals surface area contributed by atoms with E-state index in [0.29, 0.717) is 18.6 Å². The van der Waals surface area contributed by atoms with Gasteiger partial charge in [0.25, 0.3) is 0 Å². The highest BCUT2D eigenvalue weighted by molar-refractivity contribution is 6.04. The van der Waals surface area contributed by atoms with Crippen LogP contribution in [0.3, 0.4) is 0 Å². The van der Waals surface area contributed by atoms with Gasteiger partial charge in [-0.15, -0.1) is 0 Å². The van der Waals surface area contributed by atoms with Gasteiger partial charge in [-0.05, 0) is 56.2 Å². The number of Topliss-reactive ketones (excluding diaryl/α,β-unsaturated/α-hetero) is 1. The average Bonchev–Trinajstić information content (AvgIpc) is 2.72. The Morgan fingerprint density at radius 1 is 1.09 bits per heavy atom. The first kappa shape index (κ1) is 24.1. The molecule has 0 spiro atoms. The largest absolute Gasteiger partial charge is 0.463 e. The van der Waals surface area contributed by atoms with Crippen LogP contribution in [0.5, 0.6) is 0 Å². The van der Waals surface area contributed by atoms with Gasteiger partial charge in [0.15, 0.2) is 5.78 Å². The zero-order chi connectivity index (χ0) is 23.5. The highest BCUT2D eigenvalue weighted by atomic mass is 16.5. The Bertz CT molecular complexity index is 919. The molecular weight excluding hydrogens is 400 g/mol. The average molecular weight is 439 g/mol. The number of dihydropyridines is 1. The van der Waals surface area contributed by atoms with Crippen molar-refractivity contribution in [3.63, 3.8) is 0 Å². The number of anilines is 1. The summed E-state index contributed by atoms with van der Waals surface area (Å²) in [5.41, 5.74) is 5.04. The minimum Gasteiger partial charge on any atom is -0.463 e. The molecule has 0 amide bonds. The molecule has 32 heavy (non-hydrogen) atoms. The second kappa shape index (κ2) is 9.93. The van der Waals surface area contributed by atoms with E-state index >= 15 is 0 Å². The molecular formula is C27H38N2O3. The summed E-state index contributed by atoms with van der Waals surface area (Å²) in [5.74, 6) is -0.631. The van der Waals surface area contributed by atoms with Gasteiger partial charge in [0, 0.05) is 48.1 Å². The van der Waals surface area contributed by atoms with E-state index in [2.05, 4.69) is 62.2 Å². The Kier molecular flexibility index (Phi) is 7.47. The Labute approximate surface area is 192 Å². The number of benzene rings is 1. The van der Waals surface area contributed by atoms with Crippen molar-refractivity contribution < 1.29 is 14.3 Å². The number of nitrogens with zero attached hydrogens (tertiary/aromatic N) is 1. The minimum absolute atomic E-state index is 0.0974. The van der Waals surface area contributed by atoms with Gasteiger partial charge < -0.3 is 15.0 Å². The van der Waals surface area contributed by atoms with E-state index in [1.165, 1.54) is 5.69 Å². The molecule has 0 saturated heterocycles. The lowest BCUT2D eigenvalue weighted by Crippen LogP contribution is -2.38. The maximum Gasteiger partial charge on any atom is 0.336 e. The predicted octanol–water partition coefficient (Wildman–Crippen LogP) is 5.48. The van der Waals surface area contributed by atoms with Gasteiger partial charge in [-0.2, -0.15) is 0 Å². The summed E-state index contributed by atoms with van der Waals surface area (Å²) in [6.45, 7) is 14.7. The summed E-state index contributed by atoms with van der Waals surface area (Å²) >= 11 is 0. The van der Waals surface area contributed by atoms with Crippen LogP contribution in [0.1, 0.15) is 78.7 Å². The van der Waals surface area contributed by atoms with Crippen molar-refractivity contribution in [2.24, 2.45) is 5.41 Å². The third-order valence-electron chi connectivity index (χ3n) is 6.31. The molecule has 3 rings (SSSR count). The lowest BCUT2D eigenvalue weighted by molar-refractivity contribution is -0.138. The Morgan fingerprint density at radius 3 is 2.28 bits per heavy atom. The summed E-state index contributed by atoms with van der Waals surface area (Å²) in [6, 6.07) is 8.40. The third kappa shape index (κ3) is 4.92. The van der Waals surface area contributed by atoms with Crippen molar-refractivity contribution in [2.45, 2.75) is 73.1 Å². The third-order valence-corrected chi connectivity index (χ3v) is 6.31. The number of nitrogens with one attached hydrogen (secondary N) is 1. The highest BCUT2D eigenvalue weighted by Gasteiger charge is 2.43. The van der Waals surface area contributed by atoms with E-state index in [4.69, 9.17) is 4.74 Å². The second-order valence-electron chi connectivity index (χ2n) is 9.73. The molecule has 1 aliphatic carbocycles. The molecule has 0 aromatic heterocycles. The molecule has 174 valence electrons. The maximum atomic E-state index is 13.3. The standard InChI is InChI=1S/C27H38N2O3/c1-7-14-29(15-8-2)20-12-10-19(11-13-20)24-23(26(31)32-9-3)18(4)28-21-16-27(5,6)17-22(30)25(21)24/h10-13,24,28H,7-9,14-17H2,1-6H3. The number of carbonyl (C=O) groups excluding carboxylic acids is 2. The topological polar surface area (TPSA) is 58.6 Å². The summed E-state index contributed by atoms with van der Waals surface area (Å²) < 4.78 is 5.41. The van der Waals surface area contributed by atoms with Gasteiger partial charge >= 0.3 is 5.97 Å². The number of rotatable bonds is 8. The molecule has 1 N–H and O–H groups in total. The summed E-state index contributed by atoms with van der Waals surface area (Å²) in [7, 11) is 0. The van der Waals surface area contributed by atoms with Crippen molar-refractivity contribution in [3.8, 4) is 0 Å². The zero-order valence-electron chi connectivity index (χ0n) is 20.5. The second-order valence-corrected chi connectivity index (χ2v) is 9.73. The number of hydrogen-bond acceptors (Lipinski definition) is 5. The molecule has 2 aliphatic rings. The molecule has 5 nitrogen and oxygen atoms in total. The molecule has 0 bridgehead atoms. The van der Waals surface area contributed by atoms with Crippen LogP contribution in [0.4, 0.5) is 5.69 Å². The first-order valence-corrected chi connectivity index (χ1v) is 12.0. The van der Waals surface area contributed by atoms with Crippen LogP contribution in [0.2, 0.25) is 0 Å². The Morgan fingerprint density at radius 2 is 1.72 bits per heavy atom. The molecule has 1 aromatic rings. The molecule has 1 aromatic carbocycles. The van der Waals surface area contributed by atoms with Gasteiger partial charge in [0.2, 0.25) is 0 Å². The summed E-state index contributed by atoms with van der Waals surface area (Å²) in [4.78, 5) is 28.7. The smallest absolute Gasteiger partial charge is 0.336 e. The van der Waals surface area contributed by atoms with Crippen molar-refractivity contribution in [2.75, 3.05) is 24.6 Å². The molecule has 1 atom stereocenters. The fourth-order valence-electron chi connectivity index (χ4n) is 5.04. The fraction of sp³-hybridized carbons (Fsp3) is 0.556. The molecule has 0 radical (unpaired) electrons. The normalized spacial score (nSPS) is 20.1.